The van der Waals surface area contributed by atoms with Crippen LogP contribution in [0.4, 0.5) is 4.39 Å². The van der Waals surface area contributed by atoms with Crippen molar-refractivity contribution in [1.82, 2.24) is 14.7 Å². The maximum atomic E-state index is 13.5. The fourth-order valence-corrected chi connectivity index (χ4v) is 4.14. The van der Waals surface area contributed by atoms with Crippen LogP contribution < -0.4 is 9.47 Å². The predicted octanol–water partition coefficient (Wildman–Crippen LogP) is 6.17. The van der Waals surface area contributed by atoms with Gasteiger partial charge in [0.2, 0.25) is 5.88 Å². The summed E-state index contributed by atoms with van der Waals surface area (Å²) in [6.07, 6.45) is 2.20. The highest BCUT2D eigenvalue weighted by atomic mass is 19.1. The Bertz CT molecular complexity index is 1350. The first kappa shape index (κ1) is 23.6. The van der Waals surface area contributed by atoms with Gasteiger partial charge in [-0.15, -0.1) is 0 Å². The van der Waals surface area contributed by atoms with E-state index in [1.807, 2.05) is 66.4 Å². The number of methoxy groups -OCH3 is 1. The van der Waals surface area contributed by atoms with Crippen LogP contribution in [0.15, 0.2) is 78.9 Å². The molecule has 1 aromatic heterocycles. The first-order valence-electron chi connectivity index (χ1n) is 12.0. The molecule has 0 spiro atoms. The van der Waals surface area contributed by atoms with E-state index in [0.717, 1.165) is 29.8 Å². The quantitative estimate of drug-likeness (QED) is 0.284. The molecule has 6 nitrogen and oxygen atoms in total. The largest absolute Gasteiger partial charge is 0.497 e. The van der Waals surface area contributed by atoms with Gasteiger partial charge in [0.15, 0.2) is 0 Å². The third kappa shape index (κ3) is 5.25. The summed E-state index contributed by atoms with van der Waals surface area (Å²) in [5.74, 6) is 1.79. The fraction of sp³-hybridized carbons (Fsp3) is 0.241. The number of amides is 1. The van der Waals surface area contributed by atoms with Gasteiger partial charge in [-0.2, -0.15) is 5.10 Å². The van der Waals surface area contributed by atoms with Gasteiger partial charge in [0.1, 0.15) is 17.3 Å². The lowest BCUT2D eigenvalue weighted by molar-refractivity contribution is 0.0733. The van der Waals surface area contributed by atoms with Gasteiger partial charge in [-0.25, -0.2) is 9.07 Å². The van der Waals surface area contributed by atoms with Crippen molar-refractivity contribution in [2.75, 3.05) is 13.7 Å². The van der Waals surface area contributed by atoms with E-state index in [-0.39, 0.29) is 11.7 Å². The summed E-state index contributed by atoms with van der Waals surface area (Å²) < 4.78 is 27.0. The number of benzene rings is 3. The highest BCUT2D eigenvalue weighted by Gasteiger charge is 2.30. The molecule has 1 amide bonds. The zero-order valence-corrected chi connectivity index (χ0v) is 20.4. The maximum Gasteiger partial charge on any atom is 0.254 e. The molecule has 0 aliphatic heterocycles. The summed E-state index contributed by atoms with van der Waals surface area (Å²) in [5, 5.41) is 4.78. The van der Waals surface area contributed by atoms with E-state index in [0.29, 0.717) is 41.9 Å². The summed E-state index contributed by atoms with van der Waals surface area (Å²) >= 11 is 0. The van der Waals surface area contributed by atoms with Gasteiger partial charge >= 0.3 is 0 Å². The molecule has 4 aromatic rings. The number of aryl methyl sites for hydroxylation is 1. The Labute approximate surface area is 209 Å². The maximum absolute atomic E-state index is 13.5. The number of carbonyl (C=O) groups is 1. The number of ether oxygens (including phenoxy) is 2. The van der Waals surface area contributed by atoms with E-state index in [4.69, 9.17) is 14.6 Å². The zero-order valence-electron chi connectivity index (χ0n) is 20.4. The smallest absolute Gasteiger partial charge is 0.254 e. The lowest BCUT2D eigenvalue weighted by Gasteiger charge is -2.23. The van der Waals surface area contributed by atoms with E-state index in [1.54, 1.807) is 11.8 Å². The van der Waals surface area contributed by atoms with Crippen LogP contribution in [0, 0.1) is 18.7 Å². The highest BCUT2D eigenvalue weighted by molar-refractivity contribution is 5.94. The van der Waals surface area contributed by atoms with E-state index >= 15 is 0 Å². The van der Waals surface area contributed by atoms with Gasteiger partial charge in [0, 0.05) is 18.2 Å². The minimum atomic E-state index is -0.366. The van der Waals surface area contributed by atoms with Gasteiger partial charge in [-0.05, 0) is 74.2 Å². The number of nitrogens with zero attached hydrogens (tertiary/aromatic N) is 3. The van der Waals surface area contributed by atoms with Gasteiger partial charge in [0.25, 0.3) is 5.91 Å². The third-order valence-corrected chi connectivity index (χ3v) is 6.30. The van der Waals surface area contributed by atoms with Crippen molar-refractivity contribution in [2.24, 2.45) is 5.92 Å². The fourth-order valence-electron chi connectivity index (χ4n) is 4.14. The second-order valence-corrected chi connectivity index (χ2v) is 9.03. The van der Waals surface area contributed by atoms with Crippen molar-refractivity contribution >= 4 is 5.91 Å². The van der Waals surface area contributed by atoms with Gasteiger partial charge in [0.05, 0.1) is 30.6 Å². The molecule has 184 valence electrons. The summed E-state index contributed by atoms with van der Waals surface area (Å²) in [6.45, 7) is 2.88. The molecule has 1 fully saturated rings. The van der Waals surface area contributed by atoms with Crippen molar-refractivity contribution in [3.63, 3.8) is 0 Å². The minimum absolute atomic E-state index is 0.138. The van der Waals surface area contributed by atoms with Crippen LogP contribution in [0.5, 0.6) is 17.4 Å². The average Bonchev–Trinajstić information content (AvgIpc) is 3.68. The van der Waals surface area contributed by atoms with E-state index in [2.05, 4.69) is 0 Å². The van der Waals surface area contributed by atoms with E-state index < -0.39 is 0 Å². The second kappa shape index (κ2) is 10.2. The number of halogens is 1. The standard InChI is InChI=1S/C29H28FN3O3/c1-20-27(19-32(18-21-11-12-21)28(34)22-13-15-23(30)16-14-22)29(33(31-20)24-7-4-3-5-8-24)36-26-10-6-9-25(17-26)35-2/h3-10,13-17,21H,11-12,18-19H2,1-2H3. The molecule has 1 aliphatic rings. The summed E-state index contributed by atoms with van der Waals surface area (Å²) in [7, 11) is 1.61. The van der Waals surface area contributed by atoms with Crippen LogP contribution in [0.3, 0.4) is 0 Å². The summed E-state index contributed by atoms with van der Waals surface area (Å²) in [6, 6.07) is 22.8. The average molecular weight is 486 g/mol. The van der Waals surface area contributed by atoms with Crippen molar-refractivity contribution in [2.45, 2.75) is 26.3 Å². The first-order chi connectivity index (χ1) is 17.5. The number of para-hydroxylation sites is 1. The van der Waals surface area contributed by atoms with Crippen LogP contribution in [-0.2, 0) is 6.54 Å². The monoisotopic (exact) mass is 485 g/mol. The third-order valence-electron chi connectivity index (χ3n) is 6.30. The van der Waals surface area contributed by atoms with Crippen molar-refractivity contribution in [1.29, 1.82) is 0 Å². The number of rotatable bonds is 9. The molecular formula is C29H28FN3O3. The normalized spacial score (nSPS) is 12.9. The summed E-state index contributed by atoms with van der Waals surface area (Å²) in [4.78, 5) is 15.3. The van der Waals surface area contributed by atoms with Crippen molar-refractivity contribution in [3.05, 3.63) is 102 Å². The lowest BCUT2D eigenvalue weighted by atomic mass is 10.1. The topological polar surface area (TPSA) is 56.6 Å². The molecule has 3 aromatic carbocycles. The minimum Gasteiger partial charge on any atom is -0.497 e. The van der Waals surface area contributed by atoms with Crippen molar-refractivity contribution < 1.29 is 18.7 Å². The Morgan fingerprint density at radius 2 is 1.75 bits per heavy atom. The highest BCUT2D eigenvalue weighted by Crippen LogP contribution is 2.35. The molecule has 0 unspecified atom stereocenters. The molecule has 1 saturated carbocycles. The van der Waals surface area contributed by atoms with Gasteiger partial charge < -0.3 is 14.4 Å². The van der Waals surface area contributed by atoms with Crippen LogP contribution in [0.25, 0.3) is 5.69 Å². The number of carbonyl (C=O) groups excluding carboxylic acids is 1. The SMILES string of the molecule is COc1cccc(Oc2c(CN(CC3CC3)C(=O)c3ccc(F)cc3)c(C)nn2-c2ccccc2)c1. The number of aromatic nitrogens is 2. The molecule has 1 heterocycles. The molecule has 0 bridgehead atoms. The predicted molar refractivity (Wildman–Crippen MR) is 135 cm³/mol. The Morgan fingerprint density at radius 1 is 1.03 bits per heavy atom. The van der Waals surface area contributed by atoms with Crippen LogP contribution in [0.1, 0.15) is 34.5 Å². The molecule has 1 aliphatic carbocycles. The second-order valence-electron chi connectivity index (χ2n) is 9.03. The first-order valence-corrected chi connectivity index (χ1v) is 12.0. The molecule has 0 radical (unpaired) electrons. The van der Waals surface area contributed by atoms with E-state index in [1.165, 1.54) is 24.3 Å². The Morgan fingerprint density at radius 3 is 2.44 bits per heavy atom. The Balaban J connectivity index is 1.54. The number of hydrogen-bond donors (Lipinski definition) is 0. The molecule has 36 heavy (non-hydrogen) atoms. The van der Waals surface area contributed by atoms with Crippen molar-refractivity contribution in [3.8, 4) is 23.1 Å². The van der Waals surface area contributed by atoms with Crippen LogP contribution >= 0.6 is 0 Å². The molecular weight excluding hydrogens is 457 g/mol. The number of hydrogen-bond acceptors (Lipinski definition) is 4. The van der Waals surface area contributed by atoms with E-state index in [9.17, 15) is 9.18 Å². The van der Waals surface area contributed by atoms with Gasteiger partial charge in [-0.3, -0.25) is 4.79 Å². The Hall–Kier alpha value is -4.13. The molecule has 0 atom stereocenters. The lowest BCUT2D eigenvalue weighted by Crippen LogP contribution is -2.32. The van der Waals surface area contributed by atoms with Crippen LogP contribution in [0.2, 0.25) is 0 Å². The Kier molecular flexibility index (Phi) is 6.71. The summed E-state index contributed by atoms with van der Waals surface area (Å²) in [5.41, 5.74) is 2.89. The molecule has 0 N–H and O–H groups in total. The molecule has 5 rings (SSSR count). The van der Waals surface area contributed by atoms with Crippen LogP contribution in [-0.4, -0.2) is 34.2 Å². The molecule has 0 saturated heterocycles. The molecule has 7 heteroatoms. The van der Waals surface area contributed by atoms with Gasteiger partial charge in [-0.1, -0.05) is 24.3 Å². The zero-order chi connectivity index (χ0) is 25.1.